The summed E-state index contributed by atoms with van der Waals surface area (Å²) < 4.78 is 74.2. The van der Waals surface area contributed by atoms with Crippen LogP contribution in [-0.2, 0) is 20.2 Å². The van der Waals surface area contributed by atoms with Crippen LogP contribution in [0.3, 0.4) is 0 Å². The summed E-state index contributed by atoms with van der Waals surface area (Å²) in [5.41, 5.74) is 0.252. The Balaban J connectivity index is 0.00000323. The second-order valence-electron chi connectivity index (χ2n) is 8.03. The van der Waals surface area contributed by atoms with Crippen LogP contribution in [0.5, 0.6) is 6.01 Å². The molecule has 0 bridgehead atoms. The number of aromatic nitrogens is 3. The molecule has 0 fully saturated rings. The molecule has 3 aromatic carbocycles. The first-order chi connectivity index (χ1) is 19.3. The molecule has 214 valence electrons. The fourth-order valence-corrected chi connectivity index (χ4v) is 5.07. The summed E-state index contributed by atoms with van der Waals surface area (Å²) in [6.45, 7) is 1.60. The van der Waals surface area contributed by atoms with Gasteiger partial charge in [0, 0.05) is 16.5 Å². The maximum atomic E-state index is 12.1. The Hall–Kier alpha value is -2.29. The Morgan fingerprint density at radius 3 is 2.33 bits per heavy atom. The second kappa shape index (κ2) is 15.1. The maximum Gasteiger partial charge on any atom is 1.00 e. The van der Waals surface area contributed by atoms with Gasteiger partial charge in [-0.2, -0.15) is 28.5 Å². The zero-order chi connectivity index (χ0) is 29.9. The van der Waals surface area contributed by atoms with E-state index in [0.29, 0.717) is 5.69 Å². The molecule has 0 saturated heterocycles. The van der Waals surface area contributed by atoms with Gasteiger partial charge in [0.2, 0.25) is 11.2 Å². The molecule has 0 unspecified atom stereocenters. The third-order valence-electron chi connectivity index (χ3n) is 5.27. The Labute approximate surface area is 295 Å². The quantitative estimate of drug-likeness (QED) is 0.0638. The topological polar surface area (TPSA) is 232 Å². The Kier molecular flexibility index (Phi) is 13.0. The summed E-state index contributed by atoms with van der Waals surface area (Å²) in [5.74, 6) is -0.463. The minimum Gasteiger partial charge on any atom is -0.862 e. The zero-order valence-corrected chi connectivity index (χ0v) is 29.4. The van der Waals surface area contributed by atoms with Crippen molar-refractivity contribution >= 4 is 77.2 Å². The second-order valence-corrected chi connectivity index (χ2v) is 11.1. The van der Waals surface area contributed by atoms with Gasteiger partial charge in [0.05, 0.1) is 23.4 Å². The van der Waals surface area contributed by atoms with Crippen molar-refractivity contribution in [1.82, 2.24) is 15.0 Å². The summed E-state index contributed by atoms with van der Waals surface area (Å²) in [6.07, 6.45) is 0.0728. The Morgan fingerprint density at radius 2 is 1.70 bits per heavy atom. The molecule has 0 aliphatic heterocycles. The van der Waals surface area contributed by atoms with Crippen LogP contribution in [-0.4, -0.2) is 53.9 Å². The molecule has 43 heavy (non-hydrogen) atoms. The molecule has 0 radical (unpaired) electrons. The van der Waals surface area contributed by atoms with Gasteiger partial charge in [-0.05, 0) is 60.3 Å². The number of halogens is 1. The van der Waals surface area contributed by atoms with Gasteiger partial charge in [-0.3, -0.25) is 9.55 Å². The first-order valence-electron chi connectivity index (χ1n) is 11.3. The fraction of sp³-hybridized carbons (Fsp3) is 0.130. The van der Waals surface area contributed by atoms with E-state index >= 15 is 0 Å². The number of nitrogens with one attached hydrogen (secondary N) is 1. The van der Waals surface area contributed by atoms with E-state index in [2.05, 4.69) is 35.5 Å². The van der Waals surface area contributed by atoms with E-state index in [0.717, 1.165) is 24.3 Å². The summed E-state index contributed by atoms with van der Waals surface area (Å²) >= 11 is 5.87. The van der Waals surface area contributed by atoms with Gasteiger partial charge in [0.15, 0.2) is 0 Å². The van der Waals surface area contributed by atoms with E-state index in [-0.39, 0.29) is 111 Å². The summed E-state index contributed by atoms with van der Waals surface area (Å²) in [4.78, 5) is 14.3. The number of hydrogen-bond acceptors (Lipinski definition) is 14. The van der Waals surface area contributed by atoms with Crippen molar-refractivity contribution < 1.29 is 94.9 Å². The van der Waals surface area contributed by atoms with Crippen LogP contribution in [0.1, 0.15) is 13.3 Å². The number of aliphatic imine (C=N–C) groups is 1. The smallest absolute Gasteiger partial charge is 0.862 e. The average molecular weight is 666 g/mol. The van der Waals surface area contributed by atoms with Gasteiger partial charge in [-0.1, -0.05) is 19.1 Å². The van der Waals surface area contributed by atoms with Crippen molar-refractivity contribution in [3.63, 3.8) is 0 Å². The molecule has 1 heterocycles. The number of methoxy groups -OCH3 is 1. The van der Waals surface area contributed by atoms with Crippen LogP contribution >= 0.6 is 11.6 Å². The Morgan fingerprint density at radius 1 is 0.977 bits per heavy atom. The Bertz CT molecular complexity index is 1950. The number of benzene rings is 3. The number of nitrogens with zero attached hydrogens (tertiary/aromatic N) is 6. The number of rotatable bonds is 9. The first-order valence-corrected chi connectivity index (χ1v) is 14.5. The monoisotopic (exact) mass is 665 g/mol. The van der Waals surface area contributed by atoms with Crippen molar-refractivity contribution in [2.24, 2.45) is 15.2 Å². The van der Waals surface area contributed by atoms with Crippen molar-refractivity contribution in [1.29, 1.82) is 0 Å². The molecule has 0 saturated carbocycles. The molecule has 1 aromatic heterocycles. The molecule has 20 heteroatoms. The predicted molar refractivity (Wildman–Crippen MR) is 144 cm³/mol. The standard InChI is InChI=1S/C23H20ClN7O8S2.2Na/c1-3-20(32)26-17-10-12(25-22-27-21(24)28-23(29-22)39-2)7-8-16(17)31-30-13-9-15-14(19(11-13)41(36,37)38)5-4-6-18(15)40(33,34)35;;/h4-11H,3H2,1-2H3,(H,26,32)(H,33,34,35)(H,36,37,38)(H,25,27,28,29);;/q;2*+1/p-2. The number of anilines is 2. The van der Waals surface area contributed by atoms with Gasteiger partial charge >= 0.3 is 65.1 Å². The molecule has 0 spiro atoms. The summed E-state index contributed by atoms with van der Waals surface area (Å²) in [7, 11) is -8.55. The molecule has 15 nitrogen and oxygen atoms in total. The van der Waals surface area contributed by atoms with E-state index in [1.807, 2.05) is 0 Å². The average Bonchev–Trinajstić information content (AvgIpc) is 2.90. The fourth-order valence-electron chi connectivity index (χ4n) is 3.51. The molecule has 0 aliphatic carbocycles. The zero-order valence-electron chi connectivity index (χ0n) is 23.0. The SMILES string of the molecule is CCC([O-])=Nc1cc(Nc2nc(Cl)nc(OC)n2)ccc1N=Nc1cc(S(=O)(=O)O)c2cccc(S(=O)(=O)[O-])c2c1.[Na+].[Na+]. The number of hydrogen-bond donors (Lipinski definition) is 2. The van der Waals surface area contributed by atoms with Crippen LogP contribution in [0.15, 0.2) is 73.5 Å². The molecule has 0 amide bonds. The molecular formula is C23H18ClN7Na2O8S2. The minimum atomic E-state index is -5.02. The minimum absolute atomic E-state index is 0. The third kappa shape index (κ3) is 9.35. The van der Waals surface area contributed by atoms with Gasteiger partial charge in [0.1, 0.15) is 20.7 Å². The van der Waals surface area contributed by atoms with Crippen molar-refractivity contribution in [2.75, 3.05) is 12.4 Å². The molecule has 4 aromatic rings. The van der Waals surface area contributed by atoms with E-state index in [9.17, 15) is 31.0 Å². The van der Waals surface area contributed by atoms with Crippen molar-refractivity contribution in [3.8, 4) is 6.01 Å². The first kappa shape index (κ1) is 36.9. The normalized spacial score (nSPS) is 12.1. The van der Waals surface area contributed by atoms with Gasteiger partial charge in [0.25, 0.3) is 10.1 Å². The summed E-state index contributed by atoms with van der Waals surface area (Å²) in [6, 6.07) is 9.78. The molecule has 4 rings (SSSR count). The van der Waals surface area contributed by atoms with Gasteiger partial charge in [-0.15, -0.1) is 5.11 Å². The third-order valence-corrected chi connectivity index (χ3v) is 7.23. The van der Waals surface area contributed by atoms with Gasteiger partial charge < -0.3 is 19.7 Å². The van der Waals surface area contributed by atoms with E-state index in [4.69, 9.17) is 16.3 Å². The molecule has 2 N–H and O–H groups in total. The summed E-state index contributed by atoms with van der Waals surface area (Å²) in [5, 5.41) is 22.4. The largest absolute Gasteiger partial charge is 1.00 e. The number of ether oxygens (including phenoxy) is 1. The van der Waals surface area contributed by atoms with E-state index in [1.165, 1.54) is 31.4 Å². The van der Waals surface area contributed by atoms with Crippen LogP contribution in [0.4, 0.5) is 28.7 Å². The van der Waals surface area contributed by atoms with Crippen LogP contribution in [0.25, 0.3) is 10.8 Å². The van der Waals surface area contributed by atoms with Crippen molar-refractivity contribution in [3.05, 3.63) is 53.8 Å². The van der Waals surface area contributed by atoms with Crippen LogP contribution in [0, 0.1) is 0 Å². The number of azo groups is 1. The van der Waals surface area contributed by atoms with Gasteiger partial charge in [-0.25, -0.2) is 8.42 Å². The van der Waals surface area contributed by atoms with E-state index < -0.39 is 35.9 Å². The molecular weight excluding hydrogens is 648 g/mol. The van der Waals surface area contributed by atoms with Crippen LogP contribution < -0.4 is 74.3 Å². The molecule has 0 aliphatic rings. The number of fused-ring (bicyclic) bond motifs is 1. The predicted octanol–water partition coefficient (Wildman–Crippen LogP) is -2.20. The maximum absolute atomic E-state index is 12.1. The van der Waals surface area contributed by atoms with Crippen molar-refractivity contribution in [2.45, 2.75) is 23.1 Å². The molecule has 0 atom stereocenters. The van der Waals surface area contributed by atoms with Crippen LogP contribution in [0.2, 0.25) is 5.28 Å². The van der Waals surface area contributed by atoms with E-state index in [1.54, 1.807) is 6.92 Å².